The molecule has 1 aromatic heterocycles. The minimum Gasteiger partial charge on any atom is -0.487 e. The predicted octanol–water partition coefficient (Wildman–Crippen LogP) is 6.33. The van der Waals surface area contributed by atoms with Crippen LogP contribution < -0.4 is 9.47 Å². The molecule has 6 nitrogen and oxygen atoms in total. The molecule has 3 aromatic rings. The zero-order valence-corrected chi connectivity index (χ0v) is 18.9. The van der Waals surface area contributed by atoms with E-state index in [9.17, 15) is 4.79 Å². The van der Waals surface area contributed by atoms with Crippen LogP contribution in [0.1, 0.15) is 36.5 Å². The Morgan fingerprint density at radius 3 is 2.64 bits per heavy atom. The number of carbonyl (C=O) groups is 1. The molecule has 0 saturated carbocycles. The van der Waals surface area contributed by atoms with Gasteiger partial charge in [0.2, 0.25) is 5.88 Å². The summed E-state index contributed by atoms with van der Waals surface area (Å²) in [5, 5.41) is 9.23. The Morgan fingerprint density at radius 2 is 1.97 bits per heavy atom. The molecule has 168 valence electrons. The molecule has 0 amide bonds. The van der Waals surface area contributed by atoms with Gasteiger partial charge in [0.1, 0.15) is 18.1 Å². The molecule has 0 bridgehead atoms. The van der Waals surface area contributed by atoms with Gasteiger partial charge in [-0.1, -0.05) is 43.1 Å². The average Bonchev–Trinajstić information content (AvgIpc) is 2.84. The van der Waals surface area contributed by atoms with Gasteiger partial charge in [-0.3, -0.25) is 0 Å². The van der Waals surface area contributed by atoms with Crippen LogP contribution in [0, 0.1) is 11.3 Å². The SMILES string of the molecule is CCCCOC(=O)C=Cc1ccc(Oc2ccc(OCc3ccc(C#N)cc3)cn2)c(Cl)c1. The fourth-order valence-corrected chi connectivity index (χ4v) is 2.93. The first-order chi connectivity index (χ1) is 16.1. The van der Waals surface area contributed by atoms with Crippen LogP contribution in [-0.2, 0) is 16.1 Å². The number of ether oxygens (including phenoxy) is 3. The maximum atomic E-state index is 11.7. The lowest BCUT2D eigenvalue weighted by Gasteiger charge is -2.09. The van der Waals surface area contributed by atoms with E-state index in [1.807, 2.05) is 19.1 Å². The quantitative estimate of drug-likeness (QED) is 0.199. The van der Waals surface area contributed by atoms with Crippen LogP contribution in [0.3, 0.4) is 0 Å². The monoisotopic (exact) mass is 462 g/mol. The summed E-state index contributed by atoms with van der Waals surface area (Å²) in [5.41, 5.74) is 2.30. The third kappa shape index (κ3) is 7.67. The topological polar surface area (TPSA) is 81.4 Å². The number of benzene rings is 2. The molecule has 0 aliphatic rings. The summed E-state index contributed by atoms with van der Waals surface area (Å²) in [6, 6.07) is 17.9. The molecule has 0 atom stereocenters. The van der Waals surface area contributed by atoms with E-state index in [4.69, 9.17) is 31.1 Å². The Balaban J connectivity index is 1.53. The molecule has 7 heteroatoms. The maximum Gasteiger partial charge on any atom is 0.330 e. The van der Waals surface area contributed by atoms with Crippen LogP contribution in [-0.4, -0.2) is 17.6 Å². The van der Waals surface area contributed by atoms with E-state index >= 15 is 0 Å². The highest BCUT2D eigenvalue weighted by molar-refractivity contribution is 6.32. The van der Waals surface area contributed by atoms with Gasteiger partial charge in [0, 0.05) is 12.1 Å². The van der Waals surface area contributed by atoms with Gasteiger partial charge in [0.15, 0.2) is 0 Å². The highest BCUT2D eigenvalue weighted by atomic mass is 35.5. The van der Waals surface area contributed by atoms with Crippen molar-refractivity contribution in [3.05, 3.63) is 88.6 Å². The van der Waals surface area contributed by atoms with Crippen LogP contribution in [0.25, 0.3) is 6.08 Å². The lowest BCUT2D eigenvalue weighted by molar-refractivity contribution is -0.137. The summed E-state index contributed by atoms with van der Waals surface area (Å²) in [6.07, 6.45) is 6.39. The van der Waals surface area contributed by atoms with Gasteiger partial charge in [0.25, 0.3) is 0 Å². The number of nitrogens with zero attached hydrogens (tertiary/aromatic N) is 2. The molecule has 1 heterocycles. The van der Waals surface area contributed by atoms with Crippen molar-refractivity contribution in [3.8, 4) is 23.4 Å². The molecular formula is C26H23ClN2O4. The predicted molar refractivity (Wildman–Crippen MR) is 126 cm³/mol. The fourth-order valence-electron chi connectivity index (χ4n) is 2.70. The highest BCUT2D eigenvalue weighted by Crippen LogP contribution is 2.30. The lowest BCUT2D eigenvalue weighted by Crippen LogP contribution is -2.01. The van der Waals surface area contributed by atoms with Crippen molar-refractivity contribution in [2.45, 2.75) is 26.4 Å². The molecule has 0 spiro atoms. The summed E-state index contributed by atoms with van der Waals surface area (Å²) in [5.74, 6) is 1.01. The van der Waals surface area contributed by atoms with Crippen molar-refractivity contribution in [1.29, 1.82) is 5.26 Å². The average molecular weight is 463 g/mol. The number of hydrogen-bond donors (Lipinski definition) is 0. The normalized spacial score (nSPS) is 10.6. The molecule has 0 N–H and O–H groups in total. The summed E-state index contributed by atoms with van der Waals surface area (Å²) in [7, 11) is 0. The Morgan fingerprint density at radius 1 is 1.15 bits per heavy atom. The number of pyridine rings is 1. The van der Waals surface area contributed by atoms with E-state index in [0.29, 0.717) is 41.2 Å². The second-order valence-corrected chi connectivity index (χ2v) is 7.48. The minimum atomic E-state index is -0.384. The molecule has 0 radical (unpaired) electrons. The van der Waals surface area contributed by atoms with E-state index in [1.165, 1.54) is 6.08 Å². The van der Waals surface area contributed by atoms with Crippen LogP contribution in [0.15, 0.2) is 66.9 Å². The zero-order chi connectivity index (χ0) is 23.5. The van der Waals surface area contributed by atoms with Crippen molar-refractivity contribution >= 4 is 23.6 Å². The maximum absolute atomic E-state index is 11.7. The van der Waals surface area contributed by atoms with Gasteiger partial charge >= 0.3 is 5.97 Å². The van der Waals surface area contributed by atoms with Crippen molar-refractivity contribution in [3.63, 3.8) is 0 Å². The van der Waals surface area contributed by atoms with Crippen molar-refractivity contribution in [2.75, 3.05) is 6.61 Å². The van der Waals surface area contributed by atoms with Crippen LogP contribution in [0.5, 0.6) is 17.4 Å². The summed E-state index contributed by atoms with van der Waals surface area (Å²) in [4.78, 5) is 15.9. The molecular weight excluding hydrogens is 440 g/mol. The second kappa shape index (κ2) is 12.3. The van der Waals surface area contributed by atoms with Crippen LogP contribution in [0.2, 0.25) is 5.02 Å². The van der Waals surface area contributed by atoms with Crippen LogP contribution >= 0.6 is 11.6 Å². The third-order valence-corrected chi connectivity index (χ3v) is 4.82. The molecule has 0 aliphatic heterocycles. The first-order valence-corrected chi connectivity index (χ1v) is 10.9. The molecule has 33 heavy (non-hydrogen) atoms. The first-order valence-electron chi connectivity index (χ1n) is 10.5. The number of unbranched alkanes of at least 4 members (excludes halogenated alkanes) is 1. The number of nitriles is 1. The number of esters is 1. The number of carbonyl (C=O) groups excluding carboxylic acids is 1. The van der Waals surface area contributed by atoms with Crippen LogP contribution in [0.4, 0.5) is 0 Å². The number of aromatic nitrogens is 1. The Bertz CT molecular complexity index is 1140. The number of rotatable bonds is 10. The number of hydrogen-bond acceptors (Lipinski definition) is 6. The third-order valence-electron chi connectivity index (χ3n) is 4.52. The van der Waals surface area contributed by atoms with E-state index in [0.717, 1.165) is 24.0 Å². The molecule has 0 unspecified atom stereocenters. The summed E-state index contributed by atoms with van der Waals surface area (Å²) < 4.78 is 16.6. The minimum absolute atomic E-state index is 0.362. The van der Waals surface area contributed by atoms with E-state index in [2.05, 4.69) is 11.1 Å². The van der Waals surface area contributed by atoms with Gasteiger partial charge in [0.05, 0.1) is 29.5 Å². The molecule has 0 fully saturated rings. The number of halogens is 1. The fraction of sp³-hybridized carbons (Fsp3) is 0.192. The Kier molecular flexibility index (Phi) is 8.87. The largest absolute Gasteiger partial charge is 0.487 e. The molecule has 0 saturated heterocycles. The molecule has 2 aromatic carbocycles. The van der Waals surface area contributed by atoms with Crippen molar-refractivity contribution in [1.82, 2.24) is 4.98 Å². The lowest BCUT2D eigenvalue weighted by atomic mass is 10.2. The Labute approximate surface area is 198 Å². The van der Waals surface area contributed by atoms with Gasteiger partial charge < -0.3 is 14.2 Å². The van der Waals surface area contributed by atoms with Gasteiger partial charge in [-0.2, -0.15) is 5.26 Å². The van der Waals surface area contributed by atoms with E-state index in [1.54, 1.807) is 54.7 Å². The van der Waals surface area contributed by atoms with Crippen molar-refractivity contribution in [2.24, 2.45) is 0 Å². The van der Waals surface area contributed by atoms with Gasteiger partial charge in [-0.25, -0.2) is 9.78 Å². The van der Waals surface area contributed by atoms with Gasteiger partial charge in [-0.05, 0) is 54.0 Å². The Hall–Kier alpha value is -3.82. The molecule has 3 rings (SSSR count). The highest BCUT2D eigenvalue weighted by Gasteiger charge is 2.06. The standard InChI is InChI=1S/C26H23ClN2O4/c1-2-3-14-31-26(30)13-9-19-8-11-24(23(27)15-19)33-25-12-10-22(17-29-25)32-18-21-6-4-20(16-28)5-7-21/h4-13,15,17H,2-3,14,18H2,1H3. The first kappa shape index (κ1) is 23.8. The smallest absolute Gasteiger partial charge is 0.330 e. The van der Waals surface area contributed by atoms with Gasteiger partial charge in [-0.15, -0.1) is 0 Å². The zero-order valence-electron chi connectivity index (χ0n) is 18.2. The summed E-state index contributed by atoms with van der Waals surface area (Å²) >= 11 is 6.32. The second-order valence-electron chi connectivity index (χ2n) is 7.08. The van der Waals surface area contributed by atoms with Crippen molar-refractivity contribution < 1.29 is 19.0 Å². The summed E-state index contributed by atoms with van der Waals surface area (Å²) in [6.45, 7) is 2.81. The van der Waals surface area contributed by atoms with E-state index in [-0.39, 0.29) is 5.97 Å². The molecule has 0 aliphatic carbocycles. The van der Waals surface area contributed by atoms with E-state index < -0.39 is 0 Å².